The van der Waals surface area contributed by atoms with E-state index in [2.05, 4.69) is 15.6 Å². The molecular formula is C25H23ClN4O3. The van der Waals surface area contributed by atoms with Gasteiger partial charge in [0, 0.05) is 34.7 Å². The topological polar surface area (TPSA) is 84.7 Å². The summed E-state index contributed by atoms with van der Waals surface area (Å²) in [6.07, 6.45) is 1.69. The Kier molecular flexibility index (Phi) is 6.33. The number of anilines is 2. The number of fused-ring (bicyclic) bond motifs is 1. The van der Waals surface area contributed by atoms with Gasteiger partial charge in [0.25, 0.3) is 5.56 Å². The normalized spacial score (nSPS) is 10.8. The van der Waals surface area contributed by atoms with Crippen LogP contribution in [0.2, 0.25) is 5.02 Å². The van der Waals surface area contributed by atoms with Crippen molar-refractivity contribution in [3.05, 3.63) is 98.6 Å². The highest BCUT2D eigenvalue weighted by Gasteiger charge is 2.09. The van der Waals surface area contributed by atoms with Crippen LogP contribution in [0.4, 0.5) is 16.2 Å². The van der Waals surface area contributed by atoms with Crippen LogP contribution in [-0.4, -0.2) is 15.4 Å². The van der Waals surface area contributed by atoms with E-state index >= 15 is 0 Å². The molecule has 33 heavy (non-hydrogen) atoms. The maximum atomic E-state index is 12.4. The molecule has 0 aliphatic heterocycles. The van der Waals surface area contributed by atoms with Crippen LogP contribution in [0.3, 0.4) is 0 Å². The summed E-state index contributed by atoms with van der Waals surface area (Å²) in [7, 11) is 0. The number of amides is 2. The monoisotopic (exact) mass is 462 g/mol. The lowest BCUT2D eigenvalue weighted by Gasteiger charge is -2.13. The van der Waals surface area contributed by atoms with E-state index < -0.39 is 6.03 Å². The number of carbonyl (C=O) groups excluding carboxylic acids is 1. The number of nitrogens with one attached hydrogen (secondary N) is 2. The number of hydrogen-bond acceptors (Lipinski definition) is 4. The Morgan fingerprint density at radius 3 is 2.39 bits per heavy atom. The first kappa shape index (κ1) is 22.4. The van der Waals surface area contributed by atoms with Gasteiger partial charge in [0.2, 0.25) is 0 Å². The van der Waals surface area contributed by atoms with Crippen molar-refractivity contribution in [2.45, 2.75) is 27.4 Å². The molecule has 2 heterocycles. The van der Waals surface area contributed by atoms with Gasteiger partial charge in [-0.3, -0.25) is 9.20 Å². The summed E-state index contributed by atoms with van der Waals surface area (Å²) in [5, 5.41) is 6.13. The molecule has 4 aromatic rings. The highest BCUT2D eigenvalue weighted by molar-refractivity contribution is 6.31. The minimum atomic E-state index is -0.399. The zero-order valence-corrected chi connectivity index (χ0v) is 19.2. The highest BCUT2D eigenvalue weighted by atomic mass is 35.5. The Morgan fingerprint density at radius 2 is 1.67 bits per heavy atom. The second-order valence-corrected chi connectivity index (χ2v) is 8.19. The lowest BCUT2D eigenvalue weighted by atomic mass is 10.2. The van der Waals surface area contributed by atoms with Crippen LogP contribution >= 0.6 is 11.6 Å². The molecule has 2 N–H and O–H groups in total. The number of rotatable bonds is 5. The van der Waals surface area contributed by atoms with E-state index in [1.807, 2.05) is 45.0 Å². The maximum absolute atomic E-state index is 12.4. The van der Waals surface area contributed by atoms with Crippen LogP contribution in [0, 0.1) is 20.8 Å². The summed E-state index contributed by atoms with van der Waals surface area (Å²) in [6.45, 7) is 5.82. The molecule has 0 spiro atoms. The number of pyridine rings is 1. The molecule has 4 rings (SSSR count). The Bertz CT molecular complexity index is 1410. The minimum absolute atomic E-state index is 0.123. The van der Waals surface area contributed by atoms with Gasteiger partial charge in [-0.15, -0.1) is 0 Å². The van der Waals surface area contributed by atoms with Crippen molar-refractivity contribution in [1.82, 2.24) is 9.38 Å². The summed E-state index contributed by atoms with van der Waals surface area (Å²) in [5.74, 6) is 0.581. The number of carbonyl (C=O) groups is 1. The molecule has 8 heteroatoms. The van der Waals surface area contributed by atoms with Crippen LogP contribution in [-0.2, 0) is 6.61 Å². The second-order valence-electron chi connectivity index (χ2n) is 7.78. The molecule has 0 fully saturated rings. The van der Waals surface area contributed by atoms with Crippen LogP contribution in [0.1, 0.15) is 22.4 Å². The largest absolute Gasteiger partial charge is 0.487 e. The first-order valence-corrected chi connectivity index (χ1v) is 10.7. The minimum Gasteiger partial charge on any atom is -0.487 e. The number of hydrogen-bond donors (Lipinski definition) is 2. The third kappa shape index (κ3) is 5.15. The van der Waals surface area contributed by atoms with Crippen molar-refractivity contribution in [2.75, 3.05) is 10.6 Å². The molecule has 0 saturated carbocycles. The number of ether oxygens (including phenoxy) is 1. The van der Waals surface area contributed by atoms with Crippen molar-refractivity contribution in [3.8, 4) is 5.75 Å². The van der Waals surface area contributed by atoms with Gasteiger partial charge in [0.1, 0.15) is 18.0 Å². The molecule has 0 bridgehead atoms. The van der Waals surface area contributed by atoms with Gasteiger partial charge in [-0.05, 0) is 61.7 Å². The van der Waals surface area contributed by atoms with Crippen molar-refractivity contribution >= 4 is 34.7 Å². The molecule has 0 aliphatic rings. The van der Waals surface area contributed by atoms with Gasteiger partial charge in [-0.25, -0.2) is 9.78 Å². The Hall–Kier alpha value is -3.84. The Morgan fingerprint density at radius 1 is 0.970 bits per heavy atom. The van der Waals surface area contributed by atoms with Gasteiger partial charge in [0.05, 0.1) is 5.69 Å². The molecule has 7 nitrogen and oxygen atoms in total. The van der Waals surface area contributed by atoms with E-state index in [9.17, 15) is 9.59 Å². The number of aryl methyl sites for hydroxylation is 3. The number of aromatic nitrogens is 2. The fourth-order valence-electron chi connectivity index (χ4n) is 3.33. The smallest absolute Gasteiger partial charge is 0.323 e. The van der Waals surface area contributed by atoms with Crippen LogP contribution in [0.25, 0.3) is 5.65 Å². The maximum Gasteiger partial charge on any atom is 0.323 e. The standard InChI is InChI=1S/C25H23ClN4O3/c1-15-6-8-18(11-21(15)26)28-25(32)29-19-9-7-16(2)22(12-19)33-14-20-13-23(31)30-10-4-5-17(3)24(30)27-20/h4-13H,14H2,1-3H3,(H2,28,29,32). The van der Waals surface area contributed by atoms with Crippen LogP contribution in [0.15, 0.2) is 65.6 Å². The lowest BCUT2D eigenvalue weighted by Crippen LogP contribution is -2.19. The summed E-state index contributed by atoms with van der Waals surface area (Å²) < 4.78 is 7.44. The van der Waals surface area contributed by atoms with E-state index in [0.717, 1.165) is 16.7 Å². The van der Waals surface area contributed by atoms with E-state index in [1.165, 1.54) is 10.5 Å². The summed E-state index contributed by atoms with van der Waals surface area (Å²) in [6, 6.07) is 15.5. The lowest BCUT2D eigenvalue weighted by molar-refractivity contribution is 0.262. The van der Waals surface area contributed by atoms with Crippen molar-refractivity contribution in [1.29, 1.82) is 0 Å². The number of benzene rings is 2. The highest BCUT2D eigenvalue weighted by Crippen LogP contribution is 2.24. The Balaban J connectivity index is 1.47. The van der Waals surface area contributed by atoms with E-state index in [0.29, 0.717) is 33.5 Å². The molecular weight excluding hydrogens is 440 g/mol. The molecule has 0 radical (unpaired) electrons. The Labute approximate surface area is 196 Å². The first-order valence-electron chi connectivity index (χ1n) is 10.4. The first-order chi connectivity index (χ1) is 15.8. The second kappa shape index (κ2) is 9.34. The molecule has 2 aromatic heterocycles. The third-order valence-corrected chi connectivity index (χ3v) is 5.60. The number of nitrogens with zero attached hydrogens (tertiary/aromatic N) is 2. The van der Waals surface area contributed by atoms with Gasteiger partial charge in [-0.2, -0.15) is 0 Å². The molecule has 0 atom stereocenters. The molecule has 0 saturated heterocycles. The van der Waals surface area contributed by atoms with Crippen molar-refractivity contribution in [3.63, 3.8) is 0 Å². The molecule has 2 amide bonds. The molecule has 0 unspecified atom stereocenters. The zero-order chi connectivity index (χ0) is 23.5. The average Bonchev–Trinajstić information content (AvgIpc) is 2.77. The zero-order valence-electron chi connectivity index (χ0n) is 18.5. The SMILES string of the molecule is Cc1ccc(NC(=O)Nc2ccc(C)c(OCc3cc(=O)n4cccc(C)c4n3)c2)cc1Cl. The van der Waals surface area contributed by atoms with E-state index in [1.54, 1.807) is 30.5 Å². The summed E-state index contributed by atoms with van der Waals surface area (Å²) in [5.41, 5.74) is 4.85. The van der Waals surface area contributed by atoms with Gasteiger partial charge < -0.3 is 15.4 Å². The van der Waals surface area contributed by atoms with E-state index in [4.69, 9.17) is 16.3 Å². The molecule has 168 valence electrons. The van der Waals surface area contributed by atoms with Crippen LogP contribution in [0.5, 0.6) is 5.75 Å². The molecule has 2 aromatic carbocycles. The fourth-order valence-corrected chi connectivity index (χ4v) is 3.51. The summed E-state index contributed by atoms with van der Waals surface area (Å²) >= 11 is 6.12. The van der Waals surface area contributed by atoms with Crippen molar-refractivity contribution in [2.24, 2.45) is 0 Å². The predicted molar refractivity (Wildman–Crippen MR) is 131 cm³/mol. The third-order valence-electron chi connectivity index (χ3n) is 5.19. The van der Waals surface area contributed by atoms with Crippen LogP contribution < -0.4 is 20.9 Å². The fraction of sp³-hybridized carbons (Fsp3) is 0.160. The number of halogens is 1. The van der Waals surface area contributed by atoms with Gasteiger partial charge in [-0.1, -0.05) is 29.8 Å². The van der Waals surface area contributed by atoms with Crippen molar-refractivity contribution < 1.29 is 9.53 Å². The average molecular weight is 463 g/mol. The molecule has 0 aliphatic carbocycles. The quantitative estimate of drug-likeness (QED) is 0.410. The van der Waals surface area contributed by atoms with Gasteiger partial charge in [0.15, 0.2) is 0 Å². The van der Waals surface area contributed by atoms with E-state index in [-0.39, 0.29) is 12.2 Å². The predicted octanol–water partition coefficient (Wildman–Crippen LogP) is 5.50. The summed E-state index contributed by atoms with van der Waals surface area (Å²) in [4.78, 5) is 29.4. The van der Waals surface area contributed by atoms with Gasteiger partial charge >= 0.3 is 6.03 Å². The number of urea groups is 1.